The van der Waals surface area contributed by atoms with E-state index in [1.807, 2.05) is 0 Å². The Morgan fingerprint density at radius 2 is 0.651 bits per heavy atom. The molecule has 0 saturated carbocycles. The molecule has 0 amide bonds. The second-order valence-electron chi connectivity index (χ2n) is 14.0. The van der Waals surface area contributed by atoms with Gasteiger partial charge in [0.15, 0.2) is 0 Å². The van der Waals surface area contributed by atoms with Crippen LogP contribution < -0.4 is 0 Å². The van der Waals surface area contributed by atoms with Gasteiger partial charge in [0.25, 0.3) is 0 Å². The summed E-state index contributed by atoms with van der Waals surface area (Å²) in [6, 6.07) is 0. The summed E-state index contributed by atoms with van der Waals surface area (Å²) in [7, 11) is 0. The zero-order chi connectivity index (χ0) is 31.8. The number of esters is 2. The summed E-state index contributed by atoms with van der Waals surface area (Å²) in [6.07, 6.45) is 31.7. The normalized spacial score (nSPS) is 12.3. The molecule has 0 aliphatic carbocycles. The molecule has 0 aliphatic heterocycles. The summed E-state index contributed by atoms with van der Waals surface area (Å²) >= 11 is 0. The molecule has 0 saturated heterocycles. The molecule has 0 fully saturated rings. The lowest BCUT2D eigenvalue weighted by Gasteiger charge is -2.12. The number of unbranched alkanes of at least 4 members (excludes halogenated alkanes) is 21. The molecule has 0 spiro atoms. The lowest BCUT2D eigenvalue weighted by Crippen LogP contribution is -2.25. The summed E-state index contributed by atoms with van der Waals surface area (Å²) in [6.45, 7) is 8.96. The Kier molecular flexibility index (Phi) is 31.5. The number of ether oxygens (including phenoxy) is 2. The largest absolute Gasteiger partial charge is 0.463 e. The molecule has 0 aliphatic rings. The number of hydrogen-bond donors (Lipinski definition) is 1. The third kappa shape index (κ3) is 35.3. The molecule has 1 N–H and O–H groups in total. The Labute approximate surface area is 268 Å². The average molecular weight is 611 g/mol. The van der Waals surface area contributed by atoms with Crippen LogP contribution in [0.15, 0.2) is 0 Å². The van der Waals surface area contributed by atoms with Gasteiger partial charge in [-0.05, 0) is 24.7 Å². The first-order valence-electron chi connectivity index (χ1n) is 18.8. The van der Waals surface area contributed by atoms with Crippen LogP contribution in [-0.4, -0.2) is 36.4 Å². The van der Waals surface area contributed by atoms with E-state index in [1.165, 1.54) is 128 Å². The van der Waals surface area contributed by atoms with Crippen LogP contribution in [0.5, 0.6) is 0 Å². The maximum absolute atomic E-state index is 11.9. The van der Waals surface area contributed by atoms with E-state index < -0.39 is 6.10 Å². The first-order chi connectivity index (χ1) is 20.8. The first kappa shape index (κ1) is 41.9. The van der Waals surface area contributed by atoms with Crippen LogP contribution >= 0.6 is 0 Å². The van der Waals surface area contributed by atoms with Gasteiger partial charge in [-0.15, -0.1) is 0 Å². The fraction of sp³-hybridized carbons (Fsp3) is 0.947. The van der Waals surface area contributed by atoms with Crippen LogP contribution in [0, 0.1) is 11.8 Å². The van der Waals surface area contributed by atoms with Gasteiger partial charge in [-0.3, -0.25) is 9.59 Å². The fourth-order valence-electron chi connectivity index (χ4n) is 5.57. The highest BCUT2D eigenvalue weighted by Gasteiger charge is 2.12. The summed E-state index contributed by atoms with van der Waals surface area (Å²) in [5.74, 6) is 1.10. The highest BCUT2D eigenvalue weighted by Crippen LogP contribution is 2.16. The average Bonchev–Trinajstić information content (AvgIpc) is 2.97. The molecule has 0 heterocycles. The molecule has 0 radical (unpaired) electrons. The van der Waals surface area contributed by atoms with Gasteiger partial charge < -0.3 is 14.6 Å². The van der Waals surface area contributed by atoms with Gasteiger partial charge in [-0.25, -0.2) is 0 Å². The second kappa shape index (κ2) is 32.3. The standard InChI is InChI=1S/C38H74O5/c1-34(2)28-24-20-16-13-11-9-7-5-6-8-10-12-14-18-22-26-30-37(40)42-32-36(39)33-43-38(41)31-27-23-19-15-17-21-25-29-35(3)4/h34-36,39H,5-33H2,1-4H3/t36-/m1/s1. The van der Waals surface area contributed by atoms with E-state index in [0.717, 1.165) is 43.9 Å². The van der Waals surface area contributed by atoms with Gasteiger partial charge in [0.1, 0.15) is 19.3 Å². The van der Waals surface area contributed by atoms with Crippen LogP contribution in [-0.2, 0) is 19.1 Å². The topological polar surface area (TPSA) is 72.8 Å². The quantitative estimate of drug-likeness (QED) is 0.0591. The minimum Gasteiger partial charge on any atom is -0.463 e. The zero-order valence-electron chi connectivity index (χ0n) is 29.3. The Bertz CT molecular complexity index is 603. The predicted molar refractivity (Wildman–Crippen MR) is 182 cm³/mol. The van der Waals surface area contributed by atoms with Gasteiger partial charge in [-0.1, -0.05) is 175 Å². The number of aliphatic hydroxyl groups is 1. The van der Waals surface area contributed by atoms with E-state index in [1.54, 1.807) is 0 Å². The van der Waals surface area contributed by atoms with Crippen molar-refractivity contribution in [2.75, 3.05) is 13.2 Å². The van der Waals surface area contributed by atoms with Gasteiger partial charge in [0.05, 0.1) is 0 Å². The number of carbonyl (C=O) groups is 2. The molecule has 5 heteroatoms. The van der Waals surface area contributed by atoms with Crippen molar-refractivity contribution in [2.45, 2.75) is 207 Å². The number of carbonyl (C=O) groups excluding carboxylic acids is 2. The van der Waals surface area contributed by atoms with Crippen LogP contribution in [0.1, 0.15) is 201 Å². The second-order valence-corrected chi connectivity index (χ2v) is 14.0. The van der Waals surface area contributed by atoms with Gasteiger partial charge in [0, 0.05) is 12.8 Å². The number of rotatable bonds is 33. The van der Waals surface area contributed by atoms with E-state index in [9.17, 15) is 14.7 Å². The van der Waals surface area contributed by atoms with Crippen LogP contribution in [0.2, 0.25) is 0 Å². The van der Waals surface area contributed by atoms with Crippen LogP contribution in [0.25, 0.3) is 0 Å². The van der Waals surface area contributed by atoms with E-state index in [-0.39, 0.29) is 25.2 Å². The van der Waals surface area contributed by atoms with Gasteiger partial charge >= 0.3 is 11.9 Å². The maximum atomic E-state index is 11.9. The van der Waals surface area contributed by atoms with Crippen molar-refractivity contribution >= 4 is 11.9 Å². The Morgan fingerprint density at radius 3 is 0.907 bits per heavy atom. The first-order valence-corrected chi connectivity index (χ1v) is 18.8. The molecule has 256 valence electrons. The summed E-state index contributed by atoms with van der Waals surface area (Å²) in [4.78, 5) is 23.8. The molecule has 0 unspecified atom stereocenters. The van der Waals surface area contributed by atoms with Crippen molar-refractivity contribution in [2.24, 2.45) is 11.8 Å². The van der Waals surface area contributed by atoms with Gasteiger partial charge in [0.2, 0.25) is 0 Å². The number of hydrogen-bond acceptors (Lipinski definition) is 5. The van der Waals surface area contributed by atoms with Crippen LogP contribution in [0.4, 0.5) is 0 Å². The van der Waals surface area contributed by atoms with E-state index >= 15 is 0 Å². The van der Waals surface area contributed by atoms with E-state index in [0.29, 0.717) is 12.8 Å². The van der Waals surface area contributed by atoms with Crippen molar-refractivity contribution in [3.05, 3.63) is 0 Å². The molecule has 43 heavy (non-hydrogen) atoms. The monoisotopic (exact) mass is 611 g/mol. The van der Waals surface area contributed by atoms with Crippen molar-refractivity contribution in [3.63, 3.8) is 0 Å². The lowest BCUT2D eigenvalue weighted by atomic mass is 10.0. The minimum atomic E-state index is -0.955. The molecule has 0 aromatic rings. The van der Waals surface area contributed by atoms with Crippen molar-refractivity contribution < 1.29 is 24.2 Å². The SMILES string of the molecule is CC(C)CCCCCCCCCCCCCCCCCCC(=O)OC[C@@H](O)COC(=O)CCCCCCCCCC(C)C. The van der Waals surface area contributed by atoms with Crippen LogP contribution in [0.3, 0.4) is 0 Å². The summed E-state index contributed by atoms with van der Waals surface area (Å²) < 4.78 is 10.3. The lowest BCUT2D eigenvalue weighted by molar-refractivity contribution is -0.152. The molecule has 1 atom stereocenters. The van der Waals surface area contributed by atoms with Crippen molar-refractivity contribution in [3.8, 4) is 0 Å². The third-order valence-corrected chi connectivity index (χ3v) is 8.45. The van der Waals surface area contributed by atoms with Gasteiger partial charge in [-0.2, -0.15) is 0 Å². The molecule has 5 nitrogen and oxygen atoms in total. The molecular weight excluding hydrogens is 536 g/mol. The van der Waals surface area contributed by atoms with E-state index in [2.05, 4.69) is 27.7 Å². The minimum absolute atomic E-state index is 0.110. The molecular formula is C38H74O5. The molecule has 0 bridgehead atoms. The Balaban J connectivity index is 3.37. The predicted octanol–water partition coefficient (Wildman–Crippen LogP) is 11.3. The van der Waals surface area contributed by atoms with Crippen molar-refractivity contribution in [1.29, 1.82) is 0 Å². The number of aliphatic hydroxyl groups excluding tert-OH is 1. The highest BCUT2D eigenvalue weighted by atomic mass is 16.6. The third-order valence-electron chi connectivity index (χ3n) is 8.45. The molecule has 0 aromatic heterocycles. The smallest absolute Gasteiger partial charge is 0.305 e. The van der Waals surface area contributed by atoms with E-state index in [4.69, 9.17) is 9.47 Å². The summed E-state index contributed by atoms with van der Waals surface area (Å²) in [5, 5.41) is 9.97. The zero-order valence-corrected chi connectivity index (χ0v) is 29.3. The van der Waals surface area contributed by atoms with Crippen molar-refractivity contribution in [1.82, 2.24) is 0 Å². The molecule has 0 rings (SSSR count). The Morgan fingerprint density at radius 1 is 0.419 bits per heavy atom. The maximum Gasteiger partial charge on any atom is 0.305 e. The Hall–Kier alpha value is -1.10. The fourth-order valence-corrected chi connectivity index (χ4v) is 5.57. The highest BCUT2D eigenvalue weighted by molar-refractivity contribution is 5.69. The molecule has 0 aromatic carbocycles. The summed E-state index contributed by atoms with van der Waals surface area (Å²) in [5.41, 5.74) is 0.